The van der Waals surface area contributed by atoms with E-state index in [2.05, 4.69) is 68.1 Å². The lowest BCUT2D eigenvalue weighted by molar-refractivity contribution is 0.0241. The van der Waals surface area contributed by atoms with Gasteiger partial charge in [0.2, 0.25) is 0 Å². The number of fused-ring (bicyclic) bond motifs is 4. The number of β-amino-alcohol motifs (C(OH)–C–C–N with tert-alkyl or cyclic N) is 4. The molecule has 0 spiro atoms. The second kappa shape index (κ2) is 25.4. The van der Waals surface area contributed by atoms with Crippen LogP contribution in [-0.2, 0) is 0 Å². The maximum atomic E-state index is 11.5. The van der Waals surface area contributed by atoms with Crippen LogP contribution in [0.1, 0.15) is 0 Å². The van der Waals surface area contributed by atoms with Gasteiger partial charge in [0.25, 0.3) is 0 Å². The Labute approximate surface area is 422 Å². The second-order valence-corrected chi connectivity index (χ2v) is 19.1. The van der Waals surface area contributed by atoms with Gasteiger partial charge in [-0.3, -0.25) is 19.6 Å². The summed E-state index contributed by atoms with van der Waals surface area (Å²) in [6.07, 6.45) is -3.10. The van der Waals surface area contributed by atoms with Crippen molar-refractivity contribution in [3.8, 4) is 23.0 Å². The molecule has 72 heavy (non-hydrogen) atoms. The lowest BCUT2D eigenvalue weighted by atomic mass is 10.1. The normalized spacial score (nSPS) is 16.7. The number of aliphatic hydroxyl groups excluding tert-OH is 4. The molecule has 0 unspecified atom stereocenters. The number of hydrogen-bond acceptors (Lipinski definition) is 12. The minimum atomic E-state index is -0.776. The van der Waals surface area contributed by atoms with Crippen LogP contribution in [0.25, 0.3) is 43.1 Å². The predicted molar refractivity (Wildman–Crippen MR) is 288 cm³/mol. The molecule has 4 atom stereocenters. The third kappa shape index (κ3) is 14.9. The SMILES string of the molecule is O[C@H](COc1ccc2ccccc2c1)CN1CCN(C[C@H](O)COc2ccc3ccccc3c2)CCN(C[C@H](O)COc2ccc3ccccc3c2)CCN(C[C@H](O)COc2ccc3ccccc3c2)CC1. The van der Waals surface area contributed by atoms with Crippen LogP contribution in [-0.4, -0.2) is 169 Å². The first-order valence-electron chi connectivity index (χ1n) is 25.3. The summed E-state index contributed by atoms with van der Waals surface area (Å²) in [5, 5.41) is 54.8. The van der Waals surface area contributed by atoms with Gasteiger partial charge in [-0.1, -0.05) is 121 Å². The van der Waals surface area contributed by atoms with Crippen LogP contribution in [0.5, 0.6) is 23.0 Å². The molecule has 376 valence electrons. The maximum absolute atomic E-state index is 11.5. The van der Waals surface area contributed by atoms with E-state index in [1.54, 1.807) is 0 Å². The largest absolute Gasteiger partial charge is 0.491 e. The van der Waals surface area contributed by atoms with Gasteiger partial charge in [-0.2, -0.15) is 0 Å². The summed E-state index contributed by atoms with van der Waals surface area (Å²) in [6.45, 7) is 6.82. The van der Waals surface area contributed by atoms with E-state index < -0.39 is 24.4 Å². The predicted octanol–water partition coefficient (Wildman–Crippen LogP) is 7.58. The van der Waals surface area contributed by atoms with Crippen molar-refractivity contribution in [3.05, 3.63) is 170 Å². The first-order valence-corrected chi connectivity index (χ1v) is 25.3. The zero-order chi connectivity index (χ0) is 49.5. The molecule has 1 fully saturated rings. The van der Waals surface area contributed by atoms with Crippen molar-refractivity contribution in [2.75, 3.05) is 105 Å². The van der Waals surface area contributed by atoms with E-state index in [-0.39, 0.29) is 26.4 Å². The van der Waals surface area contributed by atoms with Crippen LogP contribution < -0.4 is 18.9 Å². The number of ether oxygens (including phenoxy) is 4. The summed E-state index contributed by atoms with van der Waals surface area (Å²) < 4.78 is 24.6. The van der Waals surface area contributed by atoms with Crippen molar-refractivity contribution >= 4 is 43.1 Å². The number of benzene rings is 8. The molecule has 0 amide bonds. The Morgan fingerprint density at radius 2 is 0.472 bits per heavy atom. The summed E-state index contributed by atoms with van der Waals surface area (Å²) in [5.41, 5.74) is 0. The highest BCUT2D eigenvalue weighted by Gasteiger charge is 2.23. The summed E-state index contributed by atoms with van der Waals surface area (Å²) in [5.74, 6) is 2.81. The molecule has 12 heteroatoms. The van der Waals surface area contributed by atoms with Crippen molar-refractivity contribution in [3.63, 3.8) is 0 Å². The number of rotatable bonds is 20. The fourth-order valence-electron chi connectivity index (χ4n) is 9.51. The molecule has 9 rings (SSSR count). The highest BCUT2D eigenvalue weighted by molar-refractivity contribution is 5.86. The zero-order valence-corrected chi connectivity index (χ0v) is 41.0. The number of nitrogens with zero attached hydrogens (tertiary/aromatic N) is 4. The van der Waals surface area contributed by atoms with Crippen LogP contribution in [0.2, 0.25) is 0 Å². The molecular weight excluding hydrogens is 905 g/mol. The van der Waals surface area contributed by atoms with E-state index in [0.29, 0.717) is 102 Å². The smallest absolute Gasteiger partial charge is 0.120 e. The molecule has 1 aliphatic heterocycles. The fourth-order valence-corrected chi connectivity index (χ4v) is 9.51. The average Bonchev–Trinajstić information content (AvgIpc) is 3.41. The van der Waals surface area contributed by atoms with Crippen LogP contribution >= 0.6 is 0 Å². The molecule has 0 radical (unpaired) electrons. The molecular formula is C60H68N4O8. The van der Waals surface area contributed by atoms with Crippen molar-refractivity contribution in [1.29, 1.82) is 0 Å². The lowest BCUT2D eigenvalue weighted by Crippen LogP contribution is -2.51. The fraction of sp³-hybridized carbons (Fsp3) is 0.333. The maximum Gasteiger partial charge on any atom is 0.120 e. The first-order chi connectivity index (χ1) is 35.2. The van der Waals surface area contributed by atoms with Gasteiger partial charge in [-0.15, -0.1) is 0 Å². The van der Waals surface area contributed by atoms with Crippen molar-refractivity contribution < 1.29 is 39.4 Å². The summed E-state index contributed by atoms with van der Waals surface area (Å²) in [4.78, 5) is 8.99. The molecule has 1 saturated heterocycles. The van der Waals surface area contributed by atoms with E-state index in [0.717, 1.165) is 43.1 Å². The van der Waals surface area contributed by atoms with Gasteiger partial charge in [0.05, 0.1) is 0 Å². The van der Waals surface area contributed by atoms with Crippen molar-refractivity contribution in [1.82, 2.24) is 19.6 Å². The van der Waals surface area contributed by atoms with E-state index in [9.17, 15) is 20.4 Å². The Bertz CT molecular complexity index is 2540. The van der Waals surface area contributed by atoms with E-state index >= 15 is 0 Å². The van der Waals surface area contributed by atoms with Gasteiger partial charge in [0.15, 0.2) is 0 Å². The Balaban J connectivity index is 0.884. The van der Waals surface area contributed by atoms with Crippen molar-refractivity contribution in [2.24, 2.45) is 0 Å². The molecule has 8 aromatic carbocycles. The zero-order valence-electron chi connectivity index (χ0n) is 41.0. The summed E-state index contributed by atoms with van der Waals surface area (Å²) in [6, 6.07) is 56.4. The quantitative estimate of drug-likeness (QED) is 0.0601. The monoisotopic (exact) mass is 973 g/mol. The second-order valence-electron chi connectivity index (χ2n) is 19.1. The Kier molecular flexibility index (Phi) is 17.8. The molecule has 8 aromatic rings. The van der Waals surface area contributed by atoms with E-state index in [1.807, 2.05) is 121 Å². The highest BCUT2D eigenvalue weighted by atomic mass is 16.5. The minimum absolute atomic E-state index is 0.125. The standard InChI is InChI=1S/C60H68N4O8/c65-53(41-69-57-21-17-45-9-1-5-13-49(45)33-57)37-61-25-27-62(38-54(66)42-70-58-22-18-46-10-2-6-14-50(46)34-58)29-31-64(40-56(68)44-72-60-24-20-48-12-4-8-16-52(48)36-60)32-30-63(28-26-61)39-55(67)43-71-59-23-19-47-11-3-7-15-51(47)35-59/h1-24,33-36,53-56,65-68H,25-32,37-44H2/t53-,54-,55-,56-/m0/s1. The van der Waals surface area contributed by atoms with E-state index in [1.165, 1.54) is 0 Å². The first kappa shape index (κ1) is 50.6. The van der Waals surface area contributed by atoms with Crippen LogP contribution in [0.15, 0.2) is 170 Å². The van der Waals surface area contributed by atoms with E-state index in [4.69, 9.17) is 18.9 Å². The van der Waals surface area contributed by atoms with Crippen LogP contribution in [0.4, 0.5) is 0 Å². The molecule has 1 heterocycles. The Morgan fingerprint density at radius 3 is 0.681 bits per heavy atom. The molecule has 0 aliphatic carbocycles. The van der Waals surface area contributed by atoms with Gasteiger partial charge in [0.1, 0.15) is 73.8 Å². The van der Waals surface area contributed by atoms with Gasteiger partial charge in [-0.05, 0) is 91.6 Å². The molecule has 12 nitrogen and oxygen atoms in total. The molecule has 4 N–H and O–H groups in total. The summed E-state index contributed by atoms with van der Waals surface area (Å²) >= 11 is 0. The van der Waals surface area contributed by atoms with Gasteiger partial charge in [-0.25, -0.2) is 0 Å². The van der Waals surface area contributed by atoms with Gasteiger partial charge in [0, 0.05) is 78.5 Å². The van der Waals surface area contributed by atoms with Crippen molar-refractivity contribution in [2.45, 2.75) is 24.4 Å². The topological polar surface area (TPSA) is 131 Å². The highest BCUT2D eigenvalue weighted by Crippen LogP contribution is 2.24. The minimum Gasteiger partial charge on any atom is -0.491 e. The van der Waals surface area contributed by atoms with Gasteiger partial charge < -0.3 is 39.4 Å². The Hall–Kier alpha value is -6.32. The molecule has 0 aromatic heterocycles. The molecule has 0 bridgehead atoms. The summed E-state index contributed by atoms with van der Waals surface area (Å²) in [7, 11) is 0. The number of hydrogen-bond donors (Lipinski definition) is 4. The lowest BCUT2D eigenvalue weighted by Gasteiger charge is -2.36. The third-order valence-electron chi connectivity index (χ3n) is 13.5. The molecule has 0 saturated carbocycles. The Morgan fingerprint density at radius 1 is 0.278 bits per heavy atom. The van der Waals surface area contributed by atoms with Crippen LogP contribution in [0.3, 0.4) is 0 Å². The third-order valence-corrected chi connectivity index (χ3v) is 13.5. The molecule has 1 aliphatic rings. The average molecular weight is 973 g/mol. The van der Waals surface area contributed by atoms with Gasteiger partial charge >= 0.3 is 0 Å². The van der Waals surface area contributed by atoms with Crippen LogP contribution in [0, 0.1) is 0 Å². The number of aliphatic hydroxyl groups is 4.